The van der Waals surface area contributed by atoms with Gasteiger partial charge in [-0.1, -0.05) is 115 Å². The Kier molecular flexibility index (Phi) is 5.78. The summed E-state index contributed by atoms with van der Waals surface area (Å²) in [6, 6.07) is 54.4. The molecule has 9 rings (SSSR count). The van der Waals surface area contributed by atoms with Crippen molar-refractivity contribution in [3.05, 3.63) is 158 Å². The van der Waals surface area contributed by atoms with Gasteiger partial charge in [-0.25, -0.2) is 4.98 Å². The summed E-state index contributed by atoms with van der Waals surface area (Å²) in [6.07, 6.45) is 0. The zero-order valence-corrected chi connectivity index (χ0v) is 24.2. The Bertz CT molecular complexity index is 2490. The summed E-state index contributed by atoms with van der Waals surface area (Å²) in [6.45, 7) is 0. The molecule has 2 aromatic heterocycles. The molecule has 0 N–H and O–H groups in total. The number of anilines is 3. The predicted molar refractivity (Wildman–Crippen MR) is 184 cm³/mol. The van der Waals surface area contributed by atoms with Crippen LogP contribution in [0.5, 0.6) is 0 Å². The number of hydrogen-bond donors (Lipinski definition) is 0. The van der Waals surface area contributed by atoms with Gasteiger partial charge in [0.1, 0.15) is 16.8 Å². The van der Waals surface area contributed by atoms with E-state index in [0.29, 0.717) is 11.5 Å². The average molecular weight is 579 g/mol. The lowest BCUT2D eigenvalue weighted by Crippen LogP contribution is -2.12. The van der Waals surface area contributed by atoms with Crippen LogP contribution in [0.25, 0.3) is 66.4 Å². The van der Waals surface area contributed by atoms with E-state index in [0.717, 1.165) is 66.6 Å². The summed E-state index contributed by atoms with van der Waals surface area (Å²) < 4.78 is 13.5. The van der Waals surface area contributed by atoms with Crippen LogP contribution in [0.2, 0.25) is 0 Å². The third-order valence-corrected chi connectivity index (χ3v) is 8.46. The molecule has 0 radical (unpaired) electrons. The lowest BCUT2D eigenvalue weighted by molar-refractivity contribution is 0.618. The zero-order chi connectivity index (χ0) is 29.7. The van der Waals surface area contributed by atoms with Gasteiger partial charge in [-0.2, -0.15) is 0 Å². The molecule has 9 aromatic rings. The van der Waals surface area contributed by atoms with E-state index >= 15 is 0 Å². The molecule has 4 heteroatoms. The van der Waals surface area contributed by atoms with E-state index in [-0.39, 0.29) is 0 Å². The maximum atomic E-state index is 6.73. The molecule has 0 fully saturated rings. The van der Waals surface area contributed by atoms with Crippen LogP contribution in [-0.4, -0.2) is 4.98 Å². The molecule has 212 valence electrons. The maximum Gasteiger partial charge on any atom is 0.227 e. The molecule has 7 aromatic carbocycles. The zero-order valence-electron chi connectivity index (χ0n) is 24.2. The van der Waals surface area contributed by atoms with Gasteiger partial charge < -0.3 is 13.7 Å². The average Bonchev–Trinajstić information content (AvgIpc) is 3.71. The minimum atomic E-state index is 0.568. The molecule has 0 spiro atoms. The van der Waals surface area contributed by atoms with Crippen molar-refractivity contribution < 1.29 is 8.83 Å². The van der Waals surface area contributed by atoms with Crippen molar-refractivity contribution in [2.75, 3.05) is 4.90 Å². The first-order valence-corrected chi connectivity index (χ1v) is 15.1. The number of aromatic nitrogens is 1. The highest BCUT2D eigenvalue weighted by Gasteiger charge is 2.28. The number of benzene rings is 7. The Hall–Kier alpha value is -6.13. The largest absolute Gasteiger partial charge is 0.454 e. The summed E-state index contributed by atoms with van der Waals surface area (Å²) in [4.78, 5) is 7.32. The molecule has 0 aliphatic carbocycles. The van der Waals surface area contributed by atoms with Crippen molar-refractivity contribution in [3.8, 4) is 22.6 Å². The Balaban J connectivity index is 1.43. The summed E-state index contributed by atoms with van der Waals surface area (Å²) in [7, 11) is 0. The minimum Gasteiger partial charge on any atom is -0.454 e. The molecular formula is C41H26N2O2. The van der Waals surface area contributed by atoms with Crippen LogP contribution in [0, 0.1) is 0 Å². The van der Waals surface area contributed by atoms with Crippen molar-refractivity contribution in [1.29, 1.82) is 0 Å². The Morgan fingerprint density at radius 2 is 1.18 bits per heavy atom. The minimum absolute atomic E-state index is 0.568. The highest BCUT2D eigenvalue weighted by molar-refractivity contribution is 6.18. The first kappa shape index (κ1) is 25.4. The summed E-state index contributed by atoms with van der Waals surface area (Å²) in [5.41, 5.74) is 8.94. The molecule has 0 unspecified atom stereocenters. The lowest BCUT2D eigenvalue weighted by atomic mass is 10.0. The van der Waals surface area contributed by atoms with E-state index in [1.54, 1.807) is 0 Å². The van der Waals surface area contributed by atoms with Crippen molar-refractivity contribution in [2.45, 2.75) is 0 Å². The van der Waals surface area contributed by atoms with Crippen LogP contribution < -0.4 is 4.90 Å². The third kappa shape index (κ3) is 4.19. The van der Waals surface area contributed by atoms with Crippen LogP contribution in [0.15, 0.2) is 167 Å². The summed E-state index contributed by atoms with van der Waals surface area (Å²) in [5, 5.41) is 4.35. The Morgan fingerprint density at radius 3 is 2.02 bits per heavy atom. The topological polar surface area (TPSA) is 42.4 Å². The number of rotatable bonds is 5. The third-order valence-electron chi connectivity index (χ3n) is 8.46. The van der Waals surface area contributed by atoms with Crippen LogP contribution in [-0.2, 0) is 0 Å². The molecule has 0 saturated carbocycles. The second-order valence-corrected chi connectivity index (χ2v) is 11.2. The monoisotopic (exact) mass is 578 g/mol. The molecule has 0 aliphatic rings. The summed E-state index contributed by atoms with van der Waals surface area (Å²) in [5.74, 6) is 0.568. The highest BCUT2D eigenvalue weighted by atomic mass is 16.4. The fourth-order valence-electron chi connectivity index (χ4n) is 6.37. The van der Waals surface area contributed by atoms with E-state index in [2.05, 4.69) is 108 Å². The van der Waals surface area contributed by atoms with Crippen LogP contribution in [0.4, 0.5) is 17.1 Å². The number of oxazole rings is 1. The molecule has 45 heavy (non-hydrogen) atoms. The SMILES string of the molecule is c1ccc(-c2nc3cc4c(oc5ccccc54)c(N(c4ccc5ccccc5c4)c4ccccc4-c4ccccc4)c3o2)cc1. The first-order valence-electron chi connectivity index (χ1n) is 15.1. The normalized spacial score (nSPS) is 11.6. The Morgan fingerprint density at radius 1 is 0.489 bits per heavy atom. The lowest BCUT2D eigenvalue weighted by Gasteiger charge is -2.28. The Labute approximate surface area is 259 Å². The molecule has 0 bridgehead atoms. The van der Waals surface area contributed by atoms with Crippen LogP contribution in [0.1, 0.15) is 0 Å². The standard InChI is InChI=1S/C41H26N2O2/c1-3-14-28(15-4-1)32-19-9-11-21-36(32)43(31-24-23-27-13-7-8-18-30(27)25-31)38-39-34(33-20-10-12-22-37(33)44-39)26-35-40(38)45-41(42-35)29-16-5-2-6-17-29/h1-26H. The summed E-state index contributed by atoms with van der Waals surface area (Å²) >= 11 is 0. The second kappa shape index (κ2) is 10.2. The van der Waals surface area contributed by atoms with Gasteiger partial charge in [-0.3, -0.25) is 0 Å². The predicted octanol–water partition coefficient (Wildman–Crippen LogP) is 11.7. The van der Waals surface area contributed by atoms with Gasteiger partial charge in [0.25, 0.3) is 0 Å². The van der Waals surface area contributed by atoms with Crippen LogP contribution in [0.3, 0.4) is 0 Å². The molecule has 2 heterocycles. The van der Waals surface area contributed by atoms with Gasteiger partial charge in [0.15, 0.2) is 11.2 Å². The van der Waals surface area contributed by atoms with E-state index in [9.17, 15) is 0 Å². The molecular weight excluding hydrogens is 552 g/mol. The molecule has 0 saturated heterocycles. The van der Waals surface area contributed by atoms with Crippen molar-refractivity contribution in [2.24, 2.45) is 0 Å². The van der Waals surface area contributed by atoms with Gasteiger partial charge in [0, 0.05) is 27.6 Å². The first-order chi connectivity index (χ1) is 22.3. The molecule has 0 amide bonds. The van der Waals surface area contributed by atoms with Crippen molar-refractivity contribution in [3.63, 3.8) is 0 Å². The maximum absolute atomic E-state index is 6.73. The number of para-hydroxylation sites is 2. The van der Waals surface area contributed by atoms with Gasteiger partial charge in [-0.05, 0) is 58.8 Å². The number of nitrogens with zero attached hydrogens (tertiary/aromatic N) is 2. The fourth-order valence-corrected chi connectivity index (χ4v) is 6.37. The van der Waals surface area contributed by atoms with E-state index < -0.39 is 0 Å². The number of fused-ring (bicyclic) bond motifs is 5. The van der Waals surface area contributed by atoms with Crippen LogP contribution >= 0.6 is 0 Å². The second-order valence-electron chi connectivity index (χ2n) is 11.2. The molecule has 0 atom stereocenters. The van der Waals surface area contributed by atoms with Crippen molar-refractivity contribution in [1.82, 2.24) is 4.98 Å². The molecule has 0 aliphatic heterocycles. The number of hydrogen-bond acceptors (Lipinski definition) is 4. The van der Waals surface area contributed by atoms with Gasteiger partial charge in [0.2, 0.25) is 5.89 Å². The number of furan rings is 1. The van der Waals surface area contributed by atoms with Crippen molar-refractivity contribution >= 4 is 60.9 Å². The van der Waals surface area contributed by atoms with E-state index in [4.69, 9.17) is 13.8 Å². The highest BCUT2D eigenvalue weighted by Crippen LogP contribution is 2.49. The smallest absolute Gasteiger partial charge is 0.227 e. The molecule has 4 nitrogen and oxygen atoms in total. The van der Waals surface area contributed by atoms with E-state index in [1.807, 2.05) is 54.6 Å². The van der Waals surface area contributed by atoms with Gasteiger partial charge >= 0.3 is 0 Å². The van der Waals surface area contributed by atoms with Gasteiger partial charge in [0.05, 0.1) is 5.69 Å². The fraction of sp³-hybridized carbons (Fsp3) is 0. The quantitative estimate of drug-likeness (QED) is 0.204. The van der Waals surface area contributed by atoms with Gasteiger partial charge in [-0.15, -0.1) is 0 Å². The van der Waals surface area contributed by atoms with E-state index in [1.165, 1.54) is 5.39 Å².